The fraction of sp³-hybridized carbons (Fsp3) is 0.500. The Morgan fingerprint density at radius 1 is 1.21 bits per heavy atom. The molecule has 3 heterocycles. The molecular formula is C20H27N7O. The van der Waals surface area contributed by atoms with Crippen molar-refractivity contribution in [3.8, 4) is 0 Å². The van der Waals surface area contributed by atoms with Crippen molar-refractivity contribution in [1.82, 2.24) is 20.4 Å². The first-order chi connectivity index (χ1) is 13.3. The van der Waals surface area contributed by atoms with Crippen molar-refractivity contribution < 1.29 is 4.79 Å². The number of anilines is 3. The van der Waals surface area contributed by atoms with Crippen LogP contribution in [0, 0.1) is 10.8 Å². The number of carbonyl (C=O) groups excluding carboxylic acids is 1. The molecule has 1 saturated heterocycles. The number of nitrogens with zero attached hydrogens (tertiary/aromatic N) is 4. The summed E-state index contributed by atoms with van der Waals surface area (Å²) in [5.74, 6) is 0.855. The molecule has 8 nitrogen and oxygen atoms in total. The highest BCUT2D eigenvalue weighted by Gasteiger charge is 2.50. The Hall–Kier alpha value is -2.90. The van der Waals surface area contributed by atoms with Crippen LogP contribution in [0.5, 0.6) is 0 Å². The van der Waals surface area contributed by atoms with E-state index in [-0.39, 0.29) is 11.3 Å². The molecule has 0 aromatic carbocycles. The van der Waals surface area contributed by atoms with E-state index in [1.54, 1.807) is 24.5 Å². The van der Waals surface area contributed by atoms with Crippen LogP contribution in [-0.4, -0.2) is 33.4 Å². The van der Waals surface area contributed by atoms with Crippen LogP contribution in [0.2, 0.25) is 0 Å². The lowest BCUT2D eigenvalue weighted by Crippen LogP contribution is -2.35. The molecule has 4 N–H and O–H groups in total. The molecule has 28 heavy (non-hydrogen) atoms. The number of nitrogen functional groups attached to an aromatic ring is 1. The molecule has 2 fully saturated rings. The molecule has 0 spiro atoms. The van der Waals surface area contributed by atoms with Crippen molar-refractivity contribution in [2.24, 2.45) is 10.8 Å². The number of pyridine rings is 1. The summed E-state index contributed by atoms with van der Waals surface area (Å²) in [6.07, 6.45) is 8.10. The second-order valence-corrected chi connectivity index (χ2v) is 9.12. The van der Waals surface area contributed by atoms with Gasteiger partial charge in [-0.15, -0.1) is 0 Å². The molecule has 4 rings (SSSR count). The molecule has 2 atom stereocenters. The lowest BCUT2D eigenvalue weighted by Gasteiger charge is -2.39. The molecule has 1 amide bonds. The van der Waals surface area contributed by atoms with Crippen molar-refractivity contribution in [1.29, 1.82) is 0 Å². The van der Waals surface area contributed by atoms with Gasteiger partial charge in [-0.25, -0.2) is 9.97 Å². The first kappa shape index (κ1) is 18.5. The topological polar surface area (TPSA) is 109 Å². The Labute approximate surface area is 164 Å². The van der Waals surface area contributed by atoms with Gasteiger partial charge in [-0.1, -0.05) is 20.8 Å². The van der Waals surface area contributed by atoms with E-state index in [9.17, 15) is 4.79 Å². The van der Waals surface area contributed by atoms with Gasteiger partial charge in [0.15, 0.2) is 11.6 Å². The molecule has 2 aromatic heterocycles. The Morgan fingerprint density at radius 2 is 1.96 bits per heavy atom. The molecule has 1 aliphatic carbocycles. The number of fused-ring (bicyclic) bond motifs is 2. The zero-order valence-corrected chi connectivity index (χ0v) is 16.6. The number of amides is 1. The van der Waals surface area contributed by atoms with Gasteiger partial charge in [0.2, 0.25) is 0 Å². The minimum absolute atomic E-state index is 0.271. The fourth-order valence-corrected chi connectivity index (χ4v) is 5.11. The summed E-state index contributed by atoms with van der Waals surface area (Å²) < 4.78 is 0. The van der Waals surface area contributed by atoms with Crippen molar-refractivity contribution >= 4 is 23.2 Å². The van der Waals surface area contributed by atoms with E-state index >= 15 is 0 Å². The molecule has 2 unspecified atom stereocenters. The SMILES string of the molecule is CC1(C)CC2CC(C)(CN2c2ncnc(NNC(=O)c3ccncc3)c2N)C1. The lowest BCUT2D eigenvalue weighted by molar-refractivity contribution is 0.0962. The van der Waals surface area contributed by atoms with Crippen molar-refractivity contribution in [2.45, 2.75) is 46.1 Å². The quantitative estimate of drug-likeness (QED) is 0.699. The van der Waals surface area contributed by atoms with Gasteiger partial charge in [-0.2, -0.15) is 0 Å². The second-order valence-electron chi connectivity index (χ2n) is 9.12. The monoisotopic (exact) mass is 381 g/mol. The van der Waals surface area contributed by atoms with E-state index in [0.29, 0.717) is 28.5 Å². The van der Waals surface area contributed by atoms with Gasteiger partial charge in [0.25, 0.3) is 5.91 Å². The summed E-state index contributed by atoms with van der Waals surface area (Å²) in [5, 5.41) is 0. The van der Waals surface area contributed by atoms with Crippen LogP contribution in [0.15, 0.2) is 30.9 Å². The predicted molar refractivity (Wildman–Crippen MR) is 109 cm³/mol. The Kier molecular flexibility index (Phi) is 4.36. The third-order valence-electron chi connectivity index (χ3n) is 5.79. The number of aromatic nitrogens is 3. The van der Waals surface area contributed by atoms with Crippen LogP contribution >= 0.6 is 0 Å². The lowest BCUT2D eigenvalue weighted by atomic mass is 9.65. The smallest absolute Gasteiger partial charge is 0.269 e. The second kappa shape index (κ2) is 6.61. The van der Waals surface area contributed by atoms with Gasteiger partial charge >= 0.3 is 0 Å². The molecular weight excluding hydrogens is 354 g/mol. The van der Waals surface area contributed by atoms with Crippen LogP contribution in [-0.2, 0) is 0 Å². The Balaban J connectivity index is 1.52. The summed E-state index contributed by atoms with van der Waals surface area (Å²) in [4.78, 5) is 27.2. The fourth-order valence-electron chi connectivity index (χ4n) is 5.11. The van der Waals surface area contributed by atoms with E-state index in [1.165, 1.54) is 12.7 Å². The summed E-state index contributed by atoms with van der Waals surface area (Å²) in [6, 6.07) is 3.70. The van der Waals surface area contributed by atoms with Gasteiger partial charge in [-0.05, 0) is 42.2 Å². The maximum atomic E-state index is 12.2. The number of carbonyl (C=O) groups is 1. The van der Waals surface area contributed by atoms with Gasteiger partial charge in [-0.3, -0.25) is 20.6 Å². The van der Waals surface area contributed by atoms with E-state index in [4.69, 9.17) is 5.73 Å². The van der Waals surface area contributed by atoms with Gasteiger partial charge in [0, 0.05) is 30.5 Å². The third kappa shape index (κ3) is 3.46. The maximum absolute atomic E-state index is 12.2. The van der Waals surface area contributed by atoms with Crippen molar-refractivity contribution in [3.05, 3.63) is 36.4 Å². The summed E-state index contributed by atoms with van der Waals surface area (Å²) in [5.41, 5.74) is 13.4. The van der Waals surface area contributed by atoms with Crippen molar-refractivity contribution in [2.75, 3.05) is 22.6 Å². The summed E-state index contributed by atoms with van der Waals surface area (Å²) in [7, 11) is 0. The normalized spacial score (nSPS) is 25.4. The highest BCUT2D eigenvalue weighted by atomic mass is 16.2. The van der Waals surface area contributed by atoms with Crippen LogP contribution in [0.25, 0.3) is 0 Å². The van der Waals surface area contributed by atoms with E-state index in [1.807, 2.05) is 0 Å². The zero-order chi connectivity index (χ0) is 19.9. The molecule has 8 heteroatoms. The molecule has 148 valence electrons. The minimum atomic E-state index is -0.284. The zero-order valence-electron chi connectivity index (χ0n) is 16.6. The number of rotatable bonds is 4. The van der Waals surface area contributed by atoms with Crippen LogP contribution in [0.3, 0.4) is 0 Å². The van der Waals surface area contributed by atoms with E-state index in [0.717, 1.165) is 25.2 Å². The van der Waals surface area contributed by atoms with Crippen LogP contribution in [0.4, 0.5) is 17.3 Å². The van der Waals surface area contributed by atoms with Gasteiger partial charge in [0.05, 0.1) is 0 Å². The average Bonchev–Trinajstić information content (AvgIpc) is 2.90. The summed E-state index contributed by atoms with van der Waals surface area (Å²) >= 11 is 0. The predicted octanol–water partition coefficient (Wildman–Crippen LogP) is 2.62. The molecule has 2 bridgehead atoms. The first-order valence-electron chi connectivity index (χ1n) is 9.60. The molecule has 2 aliphatic rings. The van der Waals surface area contributed by atoms with Crippen LogP contribution in [0.1, 0.15) is 50.4 Å². The average molecular weight is 381 g/mol. The number of hydrazine groups is 1. The Morgan fingerprint density at radius 3 is 2.71 bits per heavy atom. The first-order valence-corrected chi connectivity index (χ1v) is 9.60. The number of nitrogens with one attached hydrogen (secondary N) is 2. The summed E-state index contributed by atoms with van der Waals surface area (Å²) in [6.45, 7) is 7.97. The standard InChI is InChI=1S/C20H27N7O/c1-19(2)8-14-9-20(3,10-19)11-27(14)17-15(21)16(23-12-24-17)25-26-18(28)13-4-6-22-7-5-13/h4-7,12,14H,8-11,21H2,1-3H3,(H,26,28)(H,23,24,25). The van der Waals surface area contributed by atoms with E-state index < -0.39 is 0 Å². The Bertz CT molecular complexity index is 885. The van der Waals surface area contributed by atoms with E-state index in [2.05, 4.69) is 51.5 Å². The molecule has 2 aromatic rings. The van der Waals surface area contributed by atoms with Gasteiger partial charge < -0.3 is 10.6 Å². The largest absolute Gasteiger partial charge is 0.393 e. The third-order valence-corrected chi connectivity index (χ3v) is 5.79. The molecule has 1 saturated carbocycles. The van der Waals surface area contributed by atoms with Crippen LogP contribution < -0.4 is 21.5 Å². The highest BCUT2D eigenvalue weighted by molar-refractivity contribution is 5.95. The van der Waals surface area contributed by atoms with Crippen molar-refractivity contribution in [3.63, 3.8) is 0 Å². The molecule has 1 aliphatic heterocycles. The number of hydrogen-bond acceptors (Lipinski definition) is 7. The maximum Gasteiger partial charge on any atom is 0.269 e. The van der Waals surface area contributed by atoms with Gasteiger partial charge in [0.1, 0.15) is 12.0 Å². The minimum Gasteiger partial charge on any atom is -0.393 e. The highest BCUT2D eigenvalue weighted by Crippen LogP contribution is 2.53. The molecule has 0 radical (unpaired) electrons. The number of nitrogens with two attached hydrogens (primary N) is 1. The number of hydrogen-bond donors (Lipinski definition) is 3.